The molecule has 0 unspecified atom stereocenters. The summed E-state index contributed by atoms with van der Waals surface area (Å²) < 4.78 is 10.7. The van der Waals surface area contributed by atoms with Crippen LogP contribution in [-0.2, 0) is 4.79 Å². The van der Waals surface area contributed by atoms with Crippen molar-refractivity contribution >= 4 is 17.5 Å². The summed E-state index contributed by atoms with van der Waals surface area (Å²) in [5, 5.41) is 2.80. The summed E-state index contributed by atoms with van der Waals surface area (Å²) in [4.78, 5) is 22.9. The molecule has 0 aromatic heterocycles. The highest BCUT2D eigenvalue weighted by molar-refractivity contribution is 6.04. The summed E-state index contributed by atoms with van der Waals surface area (Å²) in [6.07, 6.45) is 2.08. The zero-order valence-electron chi connectivity index (χ0n) is 14.2. The maximum Gasteiger partial charge on any atom is 0.255 e. The smallest absolute Gasteiger partial charge is 0.255 e. The van der Waals surface area contributed by atoms with Crippen molar-refractivity contribution in [2.24, 2.45) is 5.73 Å². The summed E-state index contributed by atoms with van der Waals surface area (Å²) >= 11 is 0. The van der Waals surface area contributed by atoms with Gasteiger partial charge >= 0.3 is 0 Å². The van der Waals surface area contributed by atoms with Crippen molar-refractivity contribution in [1.29, 1.82) is 0 Å². The van der Waals surface area contributed by atoms with Gasteiger partial charge in [0.05, 0.1) is 6.61 Å². The molecular weight excluding hydrogens is 320 g/mol. The largest absolute Gasteiger partial charge is 0.494 e. The number of nitrogens with two attached hydrogens (primary N) is 1. The number of rotatable bonds is 9. The fraction of sp³-hybridized carbons (Fsp3) is 0.263. The predicted molar refractivity (Wildman–Crippen MR) is 95.9 cm³/mol. The predicted octanol–water partition coefficient (Wildman–Crippen LogP) is 2.98. The van der Waals surface area contributed by atoms with Crippen molar-refractivity contribution in [2.75, 3.05) is 18.5 Å². The minimum absolute atomic E-state index is 0.182. The number of nitrogens with one attached hydrogen (secondary N) is 1. The van der Waals surface area contributed by atoms with Crippen LogP contribution in [0.5, 0.6) is 11.5 Å². The Morgan fingerprint density at radius 2 is 1.56 bits per heavy atom. The van der Waals surface area contributed by atoms with Gasteiger partial charge in [-0.05, 0) is 55.0 Å². The standard InChI is InChI=1S/C19H22N2O4/c1-2-3-12-24-16-8-4-14(5-9-16)19(23)21-15-6-10-17(11-7-15)25-13-18(20)22/h4-11H,2-3,12-13H2,1H3,(H2,20,22)(H,21,23). The molecule has 2 aromatic carbocycles. The number of carbonyl (C=O) groups is 2. The molecule has 0 heterocycles. The molecule has 25 heavy (non-hydrogen) atoms. The molecule has 2 amide bonds. The number of benzene rings is 2. The monoisotopic (exact) mass is 342 g/mol. The second-order valence-corrected chi connectivity index (χ2v) is 5.46. The Bertz CT molecular complexity index is 696. The molecule has 2 aromatic rings. The lowest BCUT2D eigenvalue weighted by atomic mass is 10.2. The van der Waals surface area contributed by atoms with Gasteiger partial charge in [0, 0.05) is 11.3 Å². The molecule has 132 valence electrons. The van der Waals surface area contributed by atoms with Gasteiger partial charge in [0.1, 0.15) is 11.5 Å². The normalized spacial score (nSPS) is 10.1. The molecule has 0 fully saturated rings. The minimum atomic E-state index is -0.542. The number of unbranched alkanes of at least 4 members (excludes halogenated alkanes) is 1. The first kappa shape index (κ1) is 18.3. The van der Waals surface area contributed by atoms with E-state index < -0.39 is 5.91 Å². The fourth-order valence-electron chi connectivity index (χ4n) is 2.03. The third kappa shape index (κ3) is 6.18. The van der Waals surface area contributed by atoms with E-state index in [0.29, 0.717) is 23.6 Å². The Hall–Kier alpha value is -3.02. The Morgan fingerprint density at radius 3 is 2.16 bits per heavy atom. The minimum Gasteiger partial charge on any atom is -0.494 e. The highest BCUT2D eigenvalue weighted by atomic mass is 16.5. The van der Waals surface area contributed by atoms with Crippen LogP contribution in [0.3, 0.4) is 0 Å². The van der Waals surface area contributed by atoms with Gasteiger partial charge in [-0.15, -0.1) is 0 Å². The molecule has 0 bridgehead atoms. The zero-order valence-corrected chi connectivity index (χ0v) is 14.2. The number of ether oxygens (including phenoxy) is 2. The van der Waals surface area contributed by atoms with E-state index in [1.165, 1.54) is 0 Å². The van der Waals surface area contributed by atoms with Crippen LogP contribution in [0.2, 0.25) is 0 Å². The van der Waals surface area contributed by atoms with Crippen LogP contribution >= 0.6 is 0 Å². The number of hydrogen-bond acceptors (Lipinski definition) is 4. The van der Waals surface area contributed by atoms with Crippen molar-refractivity contribution in [3.63, 3.8) is 0 Å². The number of anilines is 1. The number of hydrogen-bond donors (Lipinski definition) is 2. The Morgan fingerprint density at radius 1 is 0.960 bits per heavy atom. The fourth-order valence-corrected chi connectivity index (χ4v) is 2.03. The third-order valence-electron chi connectivity index (χ3n) is 3.38. The van der Waals surface area contributed by atoms with Crippen molar-refractivity contribution in [1.82, 2.24) is 0 Å². The molecule has 0 radical (unpaired) electrons. The van der Waals surface area contributed by atoms with Crippen molar-refractivity contribution in [3.8, 4) is 11.5 Å². The van der Waals surface area contributed by atoms with E-state index in [9.17, 15) is 9.59 Å². The molecule has 3 N–H and O–H groups in total. The van der Waals surface area contributed by atoms with Crippen molar-refractivity contribution in [3.05, 3.63) is 54.1 Å². The molecule has 2 rings (SSSR count). The Balaban J connectivity index is 1.89. The van der Waals surface area contributed by atoms with Crippen molar-refractivity contribution < 1.29 is 19.1 Å². The lowest BCUT2D eigenvalue weighted by molar-refractivity contribution is -0.119. The second kappa shape index (κ2) is 9.32. The van der Waals surface area contributed by atoms with Crippen LogP contribution in [0.4, 0.5) is 5.69 Å². The van der Waals surface area contributed by atoms with Gasteiger partial charge in [-0.2, -0.15) is 0 Å². The molecule has 0 aliphatic heterocycles. The molecule has 0 aliphatic rings. The maximum atomic E-state index is 12.2. The summed E-state index contributed by atoms with van der Waals surface area (Å²) in [6.45, 7) is 2.60. The van der Waals surface area contributed by atoms with Crippen LogP contribution in [0.1, 0.15) is 30.1 Å². The van der Waals surface area contributed by atoms with Crippen LogP contribution in [0.25, 0.3) is 0 Å². The summed E-state index contributed by atoms with van der Waals surface area (Å²) in [6, 6.07) is 13.7. The van der Waals surface area contributed by atoms with Crippen LogP contribution in [0, 0.1) is 0 Å². The first-order valence-electron chi connectivity index (χ1n) is 8.14. The third-order valence-corrected chi connectivity index (χ3v) is 3.38. The lowest BCUT2D eigenvalue weighted by Crippen LogP contribution is -2.20. The molecule has 0 aliphatic carbocycles. The summed E-state index contributed by atoms with van der Waals surface area (Å²) in [5.41, 5.74) is 6.18. The summed E-state index contributed by atoms with van der Waals surface area (Å²) in [5.74, 6) is 0.497. The second-order valence-electron chi connectivity index (χ2n) is 5.46. The molecule has 6 heteroatoms. The number of carbonyl (C=O) groups excluding carboxylic acids is 2. The first-order chi connectivity index (χ1) is 12.1. The topological polar surface area (TPSA) is 90.7 Å². The van der Waals surface area contributed by atoms with Gasteiger partial charge in [-0.25, -0.2) is 0 Å². The van der Waals surface area contributed by atoms with E-state index in [-0.39, 0.29) is 12.5 Å². The zero-order chi connectivity index (χ0) is 18.1. The number of amides is 2. The van der Waals surface area contributed by atoms with Crippen molar-refractivity contribution in [2.45, 2.75) is 19.8 Å². The van der Waals surface area contributed by atoms with Gasteiger partial charge in [0.25, 0.3) is 11.8 Å². The van der Waals surface area contributed by atoms with E-state index in [1.807, 2.05) is 0 Å². The Labute approximate surface area is 146 Å². The van der Waals surface area contributed by atoms with Gasteiger partial charge in [-0.3, -0.25) is 9.59 Å². The van der Waals surface area contributed by atoms with E-state index >= 15 is 0 Å². The van der Waals surface area contributed by atoms with Gasteiger partial charge in [0.15, 0.2) is 6.61 Å². The SMILES string of the molecule is CCCCOc1ccc(C(=O)Nc2ccc(OCC(N)=O)cc2)cc1. The molecule has 6 nitrogen and oxygen atoms in total. The van der Waals surface area contributed by atoms with E-state index in [0.717, 1.165) is 18.6 Å². The quantitative estimate of drug-likeness (QED) is 0.686. The van der Waals surface area contributed by atoms with E-state index in [2.05, 4.69) is 12.2 Å². The summed E-state index contributed by atoms with van der Waals surface area (Å²) in [7, 11) is 0. The van der Waals surface area contributed by atoms with Gasteiger partial charge in [-0.1, -0.05) is 13.3 Å². The molecule has 0 saturated heterocycles. The highest BCUT2D eigenvalue weighted by Crippen LogP contribution is 2.18. The maximum absolute atomic E-state index is 12.2. The molecule has 0 atom stereocenters. The van der Waals surface area contributed by atoms with E-state index in [1.54, 1.807) is 48.5 Å². The first-order valence-corrected chi connectivity index (χ1v) is 8.14. The van der Waals surface area contributed by atoms with Gasteiger partial charge in [0.2, 0.25) is 0 Å². The molecule has 0 saturated carbocycles. The lowest BCUT2D eigenvalue weighted by Gasteiger charge is -2.09. The average molecular weight is 342 g/mol. The molecular formula is C19H22N2O4. The average Bonchev–Trinajstić information content (AvgIpc) is 2.62. The van der Waals surface area contributed by atoms with E-state index in [4.69, 9.17) is 15.2 Å². The highest BCUT2D eigenvalue weighted by Gasteiger charge is 2.07. The van der Waals surface area contributed by atoms with Gasteiger partial charge < -0.3 is 20.5 Å². The molecule has 0 spiro atoms. The number of primary amides is 1. The van der Waals surface area contributed by atoms with Crippen LogP contribution < -0.4 is 20.5 Å². The van der Waals surface area contributed by atoms with Crippen LogP contribution in [-0.4, -0.2) is 25.0 Å². The Kier molecular flexibility index (Phi) is 6.83. The van der Waals surface area contributed by atoms with Crippen LogP contribution in [0.15, 0.2) is 48.5 Å².